The van der Waals surface area contributed by atoms with Gasteiger partial charge >= 0.3 is 0 Å². The maximum Gasteiger partial charge on any atom is 0.280 e. The summed E-state index contributed by atoms with van der Waals surface area (Å²) in [5.41, 5.74) is 1.63. The standard InChI is InChI=1S/C12H8N2O3/c15-8-9-1-3-10(4-2-9)11-7-13-6-5-12(11)14(16)17/h1-8H. The smallest absolute Gasteiger partial charge is 0.280 e. The molecule has 5 nitrogen and oxygen atoms in total. The molecule has 1 heterocycles. The van der Waals surface area contributed by atoms with Crippen LogP contribution in [0.1, 0.15) is 10.4 Å². The SMILES string of the molecule is O=Cc1ccc(-c2cnccc2[N+](=O)[O-])cc1. The summed E-state index contributed by atoms with van der Waals surface area (Å²) >= 11 is 0. The Morgan fingerprint density at radius 2 is 1.88 bits per heavy atom. The van der Waals surface area contributed by atoms with Crippen LogP contribution in [0.25, 0.3) is 11.1 Å². The van der Waals surface area contributed by atoms with Gasteiger partial charge in [-0.2, -0.15) is 0 Å². The van der Waals surface area contributed by atoms with E-state index in [1.54, 1.807) is 24.3 Å². The van der Waals surface area contributed by atoms with E-state index in [0.717, 1.165) is 6.29 Å². The van der Waals surface area contributed by atoms with Crippen LogP contribution in [0.4, 0.5) is 5.69 Å². The number of hydrogen-bond donors (Lipinski definition) is 0. The van der Waals surface area contributed by atoms with E-state index in [1.807, 2.05) is 0 Å². The molecule has 0 spiro atoms. The first-order valence-corrected chi connectivity index (χ1v) is 4.86. The molecule has 5 heteroatoms. The Hall–Kier alpha value is -2.56. The first-order chi connectivity index (χ1) is 8.22. The Labute approximate surface area is 96.9 Å². The summed E-state index contributed by atoms with van der Waals surface area (Å²) in [6, 6.07) is 7.89. The average molecular weight is 228 g/mol. The van der Waals surface area contributed by atoms with E-state index in [4.69, 9.17) is 0 Å². The molecule has 0 N–H and O–H groups in total. The van der Waals surface area contributed by atoms with Gasteiger partial charge in [0.05, 0.1) is 10.5 Å². The molecular weight excluding hydrogens is 220 g/mol. The normalized spacial score (nSPS) is 9.88. The third-order valence-electron chi connectivity index (χ3n) is 2.35. The number of nitrogens with zero attached hydrogens (tertiary/aromatic N) is 2. The molecule has 0 saturated heterocycles. The van der Waals surface area contributed by atoms with E-state index in [2.05, 4.69) is 4.98 Å². The highest BCUT2D eigenvalue weighted by Crippen LogP contribution is 2.28. The zero-order chi connectivity index (χ0) is 12.3. The fourth-order valence-electron chi connectivity index (χ4n) is 1.51. The largest absolute Gasteiger partial charge is 0.298 e. The molecule has 0 saturated carbocycles. The van der Waals surface area contributed by atoms with E-state index in [9.17, 15) is 14.9 Å². The Balaban J connectivity index is 2.52. The molecular formula is C12H8N2O3. The average Bonchev–Trinajstić information content (AvgIpc) is 2.39. The van der Waals surface area contributed by atoms with Crippen molar-refractivity contribution < 1.29 is 9.72 Å². The zero-order valence-corrected chi connectivity index (χ0v) is 8.74. The summed E-state index contributed by atoms with van der Waals surface area (Å²) < 4.78 is 0. The summed E-state index contributed by atoms with van der Waals surface area (Å²) in [6.07, 6.45) is 3.54. The van der Waals surface area contributed by atoms with Gasteiger partial charge in [-0.15, -0.1) is 0 Å². The van der Waals surface area contributed by atoms with E-state index in [1.165, 1.54) is 18.5 Å². The monoisotopic (exact) mass is 228 g/mol. The van der Waals surface area contributed by atoms with Gasteiger partial charge in [-0.3, -0.25) is 19.9 Å². The van der Waals surface area contributed by atoms with Gasteiger partial charge in [0.15, 0.2) is 0 Å². The number of carbonyl (C=O) groups is 1. The van der Waals surface area contributed by atoms with Crippen molar-refractivity contribution in [3.63, 3.8) is 0 Å². The molecule has 2 aromatic rings. The molecule has 0 aliphatic heterocycles. The highest BCUT2D eigenvalue weighted by atomic mass is 16.6. The summed E-state index contributed by atoms with van der Waals surface area (Å²) in [4.78, 5) is 24.8. The van der Waals surface area contributed by atoms with Crippen LogP contribution in [0.5, 0.6) is 0 Å². The lowest BCUT2D eigenvalue weighted by molar-refractivity contribution is -0.384. The van der Waals surface area contributed by atoms with Gasteiger partial charge in [0.25, 0.3) is 5.69 Å². The van der Waals surface area contributed by atoms with Crippen LogP contribution < -0.4 is 0 Å². The molecule has 0 aliphatic carbocycles. The Kier molecular flexibility index (Phi) is 2.91. The fraction of sp³-hybridized carbons (Fsp3) is 0. The second-order valence-electron chi connectivity index (χ2n) is 3.39. The maximum atomic E-state index is 10.8. The summed E-state index contributed by atoms with van der Waals surface area (Å²) in [5, 5.41) is 10.8. The van der Waals surface area contributed by atoms with Crippen molar-refractivity contribution >= 4 is 12.0 Å². The minimum Gasteiger partial charge on any atom is -0.298 e. The molecule has 0 bridgehead atoms. The highest BCUT2D eigenvalue weighted by Gasteiger charge is 2.14. The van der Waals surface area contributed by atoms with Gasteiger partial charge in [-0.25, -0.2) is 0 Å². The molecule has 1 aromatic heterocycles. The van der Waals surface area contributed by atoms with E-state index in [0.29, 0.717) is 16.7 Å². The quantitative estimate of drug-likeness (QED) is 0.459. The van der Waals surface area contributed by atoms with Crippen LogP contribution in [0, 0.1) is 10.1 Å². The second-order valence-corrected chi connectivity index (χ2v) is 3.39. The molecule has 0 fully saturated rings. The Bertz CT molecular complexity index is 564. The van der Waals surface area contributed by atoms with Crippen molar-refractivity contribution in [2.75, 3.05) is 0 Å². The molecule has 2 rings (SSSR count). The predicted molar refractivity (Wildman–Crippen MR) is 61.7 cm³/mol. The van der Waals surface area contributed by atoms with Gasteiger partial charge in [-0.1, -0.05) is 24.3 Å². The first kappa shape index (κ1) is 10.9. The van der Waals surface area contributed by atoms with E-state index in [-0.39, 0.29) is 5.69 Å². The van der Waals surface area contributed by atoms with Crippen molar-refractivity contribution in [3.05, 3.63) is 58.4 Å². The van der Waals surface area contributed by atoms with Crippen molar-refractivity contribution in [3.8, 4) is 11.1 Å². The predicted octanol–water partition coefficient (Wildman–Crippen LogP) is 2.47. The van der Waals surface area contributed by atoms with Crippen LogP contribution in [-0.4, -0.2) is 16.2 Å². The van der Waals surface area contributed by atoms with Crippen LogP contribution in [-0.2, 0) is 0 Å². The number of carbonyl (C=O) groups excluding carboxylic acids is 1. The number of aldehydes is 1. The molecule has 0 radical (unpaired) electrons. The van der Waals surface area contributed by atoms with Gasteiger partial charge < -0.3 is 0 Å². The highest BCUT2D eigenvalue weighted by molar-refractivity contribution is 5.78. The molecule has 0 atom stereocenters. The van der Waals surface area contributed by atoms with Gasteiger partial charge in [0.2, 0.25) is 0 Å². The Morgan fingerprint density at radius 3 is 2.47 bits per heavy atom. The van der Waals surface area contributed by atoms with Crippen LogP contribution >= 0.6 is 0 Å². The number of rotatable bonds is 3. The fourth-order valence-corrected chi connectivity index (χ4v) is 1.51. The lowest BCUT2D eigenvalue weighted by atomic mass is 10.0. The number of pyridine rings is 1. The van der Waals surface area contributed by atoms with Crippen LogP contribution in [0.3, 0.4) is 0 Å². The summed E-state index contributed by atoms with van der Waals surface area (Å²) in [7, 11) is 0. The molecule has 1 aromatic carbocycles. The van der Waals surface area contributed by atoms with Crippen molar-refractivity contribution in [2.24, 2.45) is 0 Å². The van der Waals surface area contributed by atoms with E-state index < -0.39 is 4.92 Å². The van der Waals surface area contributed by atoms with Crippen molar-refractivity contribution in [1.29, 1.82) is 0 Å². The minimum atomic E-state index is -0.454. The lowest BCUT2D eigenvalue weighted by Crippen LogP contribution is -1.92. The molecule has 17 heavy (non-hydrogen) atoms. The maximum absolute atomic E-state index is 10.8. The summed E-state index contributed by atoms with van der Waals surface area (Å²) in [6.45, 7) is 0. The Morgan fingerprint density at radius 1 is 1.18 bits per heavy atom. The van der Waals surface area contributed by atoms with Gasteiger partial charge in [-0.05, 0) is 5.56 Å². The molecule has 84 valence electrons. The minimum absolute atomic E-state index is 0.00106. The first-order valence-electron chi connectivity index (χ1n) is 4.86. The zero-order valence-electron chi connectivity index (χ0n) is 8.74. The third-order valence-corrected chi connectivity index (χ3v) is 2.35. The topological polar surface area (TPSA) is 73.1 Å². The molecule has 0 aliphatic rings. The molecule has 0 amide bonds. The van der Waals surface area contributed by atoms with Gasteiger partial charge in [0, 0.05) is 24.0 Å². The number of aromatic nitrogens is 1. The van der Waals surface area contributed by atoms with Crippen molar-refractivity contribution in [2.45, 2.75) is 0 Å². The van der Waals surface area contributed by atoms with E-state index >= 15 is 0 Å². The second kappa shape index (κ2) is 4.52. The number of nitro groups is 1. The van der Waals surface area contributed by atoms with Crippen molar-refractivity contribution in [1.82, 2.24) is 4.98 Å². The lowest BCUT2D eigenvalue weighted by Gasteiger charge is -2.02. The van der Waals surface area contributed by atoms with Crippen LogP contribution in [0.2, 0.25) is 0 Å². The molecule has 0 unspecified atom stereocenters. The number of benzene rings is 1. The van der Waals surface area contributed by atoms with Gasteiger partial charge in [0.1, 0.15) is 6.29 Å². The third kappa shape index (κ3) is 2.17. The van der Waals surface area contributed by atoms with Crippen LogP contribution in [0.15, 0.2) is 42.7 Å². The number of hydrogen-bond acceptors (Lipinski definition) is 4. The summed E-state index contributed by atoms with van der Waals surface area (Å²) in [5.74, 6) is 0.